The fraction of sp³-hybridized carbons (Fsp3) is 0.167. The number of carbonyl (C=O) groups is 2. The standard InChI is InChI=1S/C12H11BrO4/c1-16-11(14)9(12(15)17-2)7-8-5-3-4-6-10(8)13/h3-7H,1-2H3. The summed E-state index contributed by atoms with van der Waals surface area (Å²) in [4.78, 5) is 22.8. The molecule has 0 amide bonds. The molecule has 0 heterocycles. The zero-order valence-corrected chi connectivity index (χ0v) is 11.0. The number of hydrogen-bond acceptors (Lipinski definition) is 4. The van der Waals surface area contributed by atoms with Crippen LogP contribution in [0, 0.1) is 0 Å². The Bertz CT molecular complexity index is 447. The van der Waals surface area contributed by atoms with Gasteiger partial charge < -0.3 is 9.47 Å². The van der Waals surface area contributed by atoms with Gasteiger partial charge in [-0.05, 0) is 17.7 Å². The number of halogens is 1. The van der Waals surface area contributed by atoms with Crippen LogP contribution in [0.2, 0.25) is 0 Å². The van der Waals surface area contributed by atoms with Gasteiger partial charge in [-0.25, -0.2) is 9.59 Å². The first-order valence-corrected chi connectivity index (χ1v) is 5.52. The van der Waals surface area contributed by atoms with E-state index in [4.69, 9.17) is 0 Å². The van der Waals surface area contributed by atoms with Crippen LogP contribution in [0.4, 0.5) is 0 Å². The van der Waals surface area contributed by atoms with E-state index in [0.717, 1.165) is 4.47 Å². The number of rotatable bonds is 3. The molecule has 0 aliphatic rings. The first kappa shape index (κ1) is 13.4. The van der Waals surface area contributed by atoms with E-state index < -0.39 is 11.9 Å². The van der Waals surface area contributed by atoms with Gasteiger partial charge >= 0.3 is 11.9 Å². The molecule has 90 valence electrons. The predicted octanol–water partition coefficient (Wildman–Crippen LogP) is 2.18. The maximum atomic E-state index is 11.4. The minimum atomic E-state index is -0.729. The molecule has 0 unspecified atom stereocenters. The van der Waals surface area contributed by atoms with Gasteiger partial charge in [-0.3, -0.25) is 0 Å². The van der Waals surface area contributed by atoms with Crippen LogP contribution in [-0.4, -0.2) is 26.2 Å². The van der Waals surface area contributed by atoms with Gasteiger partial charge in [0.25, 0.3) is 0 Å². The van der Waals surface area contributed by atoms with Crippen molar-refractivity contribution >= 4 is 33.9 Å². The third kappa shape index (κ3) is 3.42. The maximum absolute atomic E-state index is 11.4. The SMILES string of the molecule is COC(=O)C(=Cc1ccccc1Br)C(=O)OC. The quantitative estimate of drug-likeness (QED) is 0.371. The molecule has 0 saturated heterocycles. The van der Waals surface area contributed by atoms with Gasteiger partial charge in [0.2, 0.25) is 0 Å². The highest BCUT2D eigenvalue weighted by Crippen LogP contribution is 2.19. The summed E-state index contributed by atoms with van der Waals surface area (Å²) in [7, 11) is 2.41. The van der Waals surface area contributed by atoms with Crippen LogP contribution in [0.25, 0.3) is 6.08 Å². The van der Waals surface area contributed by atoms with Crippen LogP contribution >= 0.6 is 15.9 Å². The zero-order valence-electron chi connectivity index (χ0n) is 9.40. The summed E-state index contributed by atoms with van der Waals surface area (Å²) in [5.74, 6) is -1.46. The van der Waals surface area contributed by atoms with Crippen molar-refractivity contribution in [3.8, 4) is 0 Å². The lowest BCUT2D eigenvalue weighted by molar-refractivity contribution is -0.143. The lowest BCUT2D eigenvalue weighted by atomic mass is 10.1. The second-order valence-electron chi connectivity index (χ2n) is 3.06. The van der Waals surface area contributed by atoms with Crippen molar-refractivity contribution < 1.29 is 19.1 Å². The predicted molar refractivity (Wildman–Crippen MR) is 66.2 cm³/mol. The molecular weight excluding hydrogens is 288 g/mol. The Hall–Kier alpha value is -1.62. The van der Waals surface area contributed by atoms with E-state index in [1.165, 1.54) is 20.3 Å². The van der Waals surface area contributed by atoms with Crippen molar-refractivity contribution in [3.05, 3.63) is 39.9 Å². The average Bonchev–Trinajstić information content (AvgIpc) is 2.36. The van der Waals surface area contributed by atoms with Crippen molar-refractivity contribution in [1.29, 1.82) is 0 Å². The van der Waals surface area contributed by atoms with Crippen LogP contribution in [0.3, 0.4) is 0 Å². The van der Waals surface area contributed by atoms with Crippen LogP contribution in [0.1, 0.15) is 5.56 Å². The lowest BCUT2D eigenvalue weighted by Gasteiger charge is -2.04. The van der Waals surface area contributed by atoms with Gasteiger partial charge in [0.05, 0.1) is 14.2 Å². The van der Waals surface area contributed by atoms with Gasteiger partial charge in [-0.1, -0.05) is 34.1 Å². The van der Waals surface area contributed by atoms with E-state index >= 15 is 0 Å². The van der Waals surface area contributed by atoms with E-state index in [9.17, 15) is 9.59 Å². The molecule has 0 spiro atoms. The maximum Gasteiger partial charge on any atom is 0.345 e. The fourth-order valence-corrected chi connectivity index (χ4v) is 1.57. The van der Waals surface area contributed by atoms with Crippen molar-refractivity contribution in [2.24, 2.45) is 0 Å². The number of methoxy groups -OCH3 is 2. The van der Waals surface area contributed by atoms with Gasteiger partial charge in [0, 0.05) is 4.47 Å². The van der Waals surface area contributed by atoms with Crippen molar-refractivity contribution in [3.63, 3.8) is 0 Å². The van der Waals surface area contributed by atoms with E-state index in [-0.39, 0.29) is 5.57 Å². The first-order chi connectivity index (χ1) is 8.10. The summed E-state index contributed by atoms with van der Waals surface area (Å²) < 4.78 is 9.82. The topological polar surface area (TPSA) is 52.6 Å². The smallest absolute Gasteiger partial charge is 0.345 e. The molecule has 17 heavy (non-hydrogen) atoms. The first-order valence-electron chi connectivity index (χ1n) is 4.73. The Morgan fingerprint density at radius 2 is 1.65 bits per heavy atom. The Morgan fingerprint density at radius 1 is 1.12 bits per heavy atom. The third-order valence-electron chi connectivity index (χ3n) is 2.02. The Labute approximate surface area is 107 Å². The second-order valence-corrected chi connectivity index (χ2v) is 3.92. The van der Waals surface area contributed by atoms with Crippen molar-refractivity contribution in [1.82, 2.24) is 0 Å². The molecule has 0 aliphatic carbocycles. The number of carbonyl (C=O) groups excluding carboxylic acids is 2. The van der Waals surface area contributed by atoms with Crippen LogP contribution in [-0.2, 0) is 19.1 Å². The monoisotopic (exact) mass is 298 g/mol. The molecule has 5 heteroatoms. The molecular formula is C12H11BrO4. The molecule has 0 fully saturated rings. The molecule has 0 aliphatic heterocycles. The van der Waals surface area contributed by atoms with E-state index in [1.54, 1.807) is 18.2 Å². The highest BCUT2D eigenvalue weighted by Gasteiger charge is 2.19. The molecule has 4 nitrogen and oxygen atoms in total. The Morgan fingerprint density at radius 3 is 2.12 bits per heavy atom. The molecule has 0 aromatic heterocycles. The summed E-state index contributed by atoms with van der Waals surface area (Å²) in [6.07, 6.45) is 1.42. The minimum Gasteiger partial charge on any atom is -0.465 e. The second kappa shape index (κ2) is 6.20. The van der Waals surface area contributed by atoms with Gasteiger partial charge in [-0.2, -0.15) is 0 Å². The molecule has 0 bridgehead atoms. The van der Waals surface area contributed by atoms with Crippen LogP contribution in [0.15, 0.2) is 34.3 Å². The van der Waals surface area contributed by atoms with Crippen molar-refractivity contribution in [2.75, 3.05) is 14.2 Å². The van der Waals surface area contributed by atoms with E-state index in [1.807, 2.05) is 6.07 Å². The van der Waals surface area contributed by atoms with Gasteiger partial charge in [0.15, 0.2) is 0 Å². The number of benzene rings is 1. The third-order valence-corrected chi connectivity index (χ3v) is 2.74. The molecule has 1 aromatic carbocycles. The molecule has 0 N–H and O–H groups in total. The molecule has 0 atom stereocenters. The highest BCUT2D eigenvalue weighted by atomic mass is 79.9. The Kier molecular flexibility index (Phi) is 4.90. The molecule has 1 rings (SSSR count). The van der Waals surface area contributed by atoms with E-state index in [2.05, 4.69) is 25.4 Å². The largest absolute Gasteiger partial charge is 0.465 e. The van der Waals surface area contributed by atoms with Gasteiger partial charge in [0.1, 0.15) is 5.57 Å². The van der Waals surface area contributed by atoms with E-state index in [0.29, 0.717) is 5.56 Å². The number of hydrogen-bond donors (Lipinski definition) is 0. The van der Waals surface area contributed by atoms with Crippen LogP contribution in [0.5, 0.6) is 0 Å². The summed E-state index contributed by atoms with van der Waals surface area (Å²) in [5.41, 5.74) is 0.542. The summed E-state index contributed by atoms with van der Waals surface area (Å²) in [6.45, 7) is 0. The fourth-order valence-electron chi connectivity index (χ4n) is 1.17. The number of ether oxygens (including phenoxy) is 2. The normalized spacial score (nSPS) is 9.35. The minimum absolute atomic E-state index is 0.151. The molecule has 1 aromatic rings. The van der Waals surface area contributed by atoms with Gasteiger partial charge in [-0.15, -0.1) is 0 Å². The average molecular weight is 299 g/mol. The summed E-state index contributed by atoms with van der Waals surface area (Å²) >= 11 is 3.32. The summed E-state index contributed by atoms with van der Waals surface area (Å²) in [6, 6.07) is 7.19. The van der Waals surface area contributed by atoms with Crippen molar-refractivity contribution in [2.45, 2.75) is 0 Å². The highest BCUT2D eigenvalue weighted by molar-refractivity contribution is 9.10. The lowest BCUT2D eigenvalue weighted by Crippen LogP contribution is -2.15. The van der Waals surface area contributed by atoms with Crippen LogP contribution < -0.4 is 0 Å². The summed E-state index contributed by atoms with van der Waals surface area (Å²) in [5, 5.41) is 0. The Balaban J connectivity index is 3.19. The molecule has 0 radical (unpaired) electrons. The number of esters is 2. The molecule has 0 saturated carbocycles. The zero-order chi connectivity index (χ0) is 12.8.